The van der Waals surface area contributed by atoms with Crippen molar-refractivity contribution in [2.75, 3.05) is 0 Å². The van der Waals surface area contributed by atoms with Crippen LogP contribution in [0.25, 0.3) is 98.4 Å². The molecule has 0 amide bonds. The number of aromatic nitrogens is 4. The quantitative estimate of drug-likeness (QED) is 0.193. The Kier molecular flexibility index (Phi) is 5.98. The topological polar surface area (TPSA) is 64.7 Å². The van der Waals surface area contributed by atoms with E-state index in [0.717, 1.165) is 60.1 Å². The van der Waals surface area contributed by atoms with Crippen LogP contribution in [0, 0.1) is 0 Å². The number of furan rings is 1. The van der Waals surface area contributed by atoms with Crippen molar-refractivity contribution in [1.82, 2.24) is 19.9 Å². The summed E-state index contributed by atoms with van der Waals surface area (Å²) in [6.07, 6.45) is 0. The van der Waals surface area contributed by atoms with E-state index in [1.165, 1.54) is 20.9 Å². The Bertz CT molecular complexity index is 2840. The van der Waals surface area contributed by atoms with Gasteiger partial charge in [0.05, 0.1) is 5.69 Å². The van der Waals surface area contributed by atoms with Gasteiger partial charge in [0.25, 0.3) is 0 Å². The van der Waals surface area contributed by atoms with Crippen molar-refractivity contribution in [2.45, 2.75) is 0 Å². The predicted octanol–water partition coefficient (Wildman–Crippen LogP) is 11.4. The van der Waals surface area contributed by atoms with Gasteiger partial charge in [-0.3, -0.25) is 0 Å². The van der Waals surface area contributed by atoms with Crippen LogP contribution in [0.3, 0.4) is 0 Å². The molecule has 0 fully saturated rings. The van der Waals surface area contributed by atoms with E-state index in [4.69, 9.17) is 24.4 Å². The summed E-state index contributed by atoms with van der Waals surface area (Å²) in [5.74, 6) is 1.82. The van der Waals surface area contributed by atoms with E-state index >= 15 is 0 Å². The van der Waals surface area contributed by atoms with Crippen LogP contribution in [0.1, 0.15) is 0 Å². The fourth-order valence-electron chi connectivity index (χ4n) is 6.74. The molecule has 0 N–H and O–H groups in total. The van der Waals surface area contributed by atoms with Crippen molar-refractivity contribution in [3.63, 3.8) is 0 Å². The van der Waals surface area contributed by atoms with Gasteiger partial charge in [0.2, 0.25) is 0 Å². The van der Waals surface area contributed by atoms with Gasteiger partial charge in [-0.1, -0.05) is 127 Å². The molecule has 0 bridgehead atoms. The third kappa shape index (κ3) is 4.24. The van der Waals surface area contributed by atoms with Crippen LogP contribution in [0.5, 0.6) is 0 Å². The molecular weight excluding hydrogens is 609 g/mol. The third-order valence-electron chi connectivity index (χ3n) is 8.97. The second kappa shape index (κ2) is 10.7. The van der Waals surface area contributed by atoms with E-state index in [-0.39, 0.29) is 0 Å². The summed E-state index contributed by atoms with van der Waals surface area (Å²) in [5.41, 5.74) is 6.38. The molecule has 0 aliphatic carbocycles. The predicted molar refractivity (Wildman–Crippen MR) is 197 cm³/mol. The number of fused-ring (bicyclic) bond motifs is 8. The number of para-hydroxylation sites is 1. The average Bonchev–Trinajstić information content (AvgIpc) is 3.73. The van der Waals surface area contributed by atoms with Crippen LogP contribution in [0.15, 0.2) is 150 Å². The maximum Gasteiger partial charge on any atom is 0.164 e. The zero-order valence-electron chi connectivity index (χ0n) is 25.5. The molecule has 48 heavy (non-hydrogen) atoms. The maximum atomic E-state index is 6.20. The highest BCUT2D eigenvalue weighted by atomic mass is 32.1. The Morgan fingerprint density at radius 3 is 1.81 bits per heavy atom. The van der Waals surface area contributed by atoms with Crippen molar-refractivity contribution in [2.24, 2.45) is 0 Å². The molecule has 224 valence electrons. The molecule has 0 aliphatic heterocycles. The van der Waals surface area contributed by atoms with E-state index in [9.17, 15) is 0 Å². The summed E-state index contributed by atoms with van der Waals surface area (Å²) in [4.78, 5) is 21.4. The highest BCUT2D eigenvalue weighted by Crippen LogP contribution is 2.41. The molecule has 0 atom stereocenters. The van der Waals surface area contributed by atoms with Crippen molar-refractivity contribution in [3.05, 3.63) is 146 Å². The van der Waals surface area contributed by atoms with Gasteiger partial charge in [0.1, 0.15) is 16.0 Å². The Hall–Kier alpha value is -6.24. The molecule has 0 aliphatic rings. The van der Waals surface area contributed by atoms with Gasteiger partial charge < -0.3 is 4.42 Å². The largest absolute Gasteiger partial charge is 0.456 e. The number of hydrogen-bond acceptors (Lipinski definition) is 6. The minimum Gasteiger partial charge on any atom is -0.456 e. The summed E-state index contributed by atoms with van der Waals surface area (Å²) in [5, 5.41) is 6.85. The Balaban J connectivity index is 1.14. The van der Waals surface area contributed by atoms with Crippen LogP contribution in [0.4, 0.5) is 0 Å². The molecule has 10 aromatic rings. The minimum absolute atomic E-state index is 0.600. The number of benzene rings is 6. The number of thiophene rings is 1. The lowest BCUT2D eigenvalue weighted by atomic mass is 10.00. The molecule has 6 heteroatoms. The number of rotatable bonds is 4. The van der Waals surface area contributed by atoms with Crippen LogP contribution in [-0.2, 0) is 0 Å². The van der Waals surface area contributed by atoms with Crippen LogP contribution in [-0.4, -0.2) is 19.9 Å². The van der Waals surface area contributed by atoms with Gasteiger partial charge in [0, 0.05) is 53.9 Å². The number of hydrogen-bond donors (Lipinski definition) is 0. The monoisotopic (exact) mass is 632 g/mol. The summed E-state index contributed by atoms with van der Waals surface area (Å²) in [6.45, 7) is 0. The van der Waals surface area contributed by atoms with Gasteiger partial charge in [-0.15, -0.1) is 11.3 Å². The first-order valence-corrected chi connectivity index (χ1v) is 16.6. The molecule has 0 spiro atoms. The molecule has 0 saturated carbocycles. The highest BCUT2D eigenvalue weighted by Gasteiger charge is 2.19. The standard InChI is InChI=1S/C42H24N4OS/c1-2-11-26(12-3-1)39-44-40(46-41(45-39)32-17-10-19-34-36(32)30-15-6-8-18-33(30)47-34)27-23-21-25(22-24-27)38-29-14-5-4-13-28(29)37-31-16-7-9-20-35(31)48-42(37)43-38/h1-24H. The van der Waals surface area contributed by atoms with Gasteiger partial charge in [0.15, 0.2) is 17.5 Å². The zero-order valence-corrected chi connectivity index (χ0v) is 26.3. The molecule has 0 unspecified atom stereocenters. The molecule has 10 rings (SSSR count). The summed E-state index contributed by atoms with van der Waals surface area (Å²) >= 11 is 1.74. The first kappa shape index (κ1) is 26.9. The second-order valence-electron chi connectivity index (χ2n) is 11.8. The Labute approximate surface area is 278 Å². The molecule has 0 saturated heterocycles. The maximum absolute atomic E-state index is 6.20. The van der Waals surface area contributed by atoms with Crippen LogP contribution < -0.4 is 0 Å². The normalized spacial score (nSPS) is 11.8. The lowest BCUT2D eigenvalue weighted by Gasteiger charge is -2.11. The van der Waals surface area contributed by atoms with Crippen LogP contribution >= 0.6 is 11.3 Å². The van der Waals surface area contributed by atoms with Gasteiger partial charge in [-0.25, -0.2) is 19.9 Å². The van der Waals surface area contributed by atoms with Crippen molar-refractivity contribution < 1.29 is 4.42 Å². The summed E-state index contributed by atoms with van der Waals surface area (Å²) in [7, 11) is 0. The van der Waals surface area contributed by atoms with Crippen LogP contribution in [0.2, 0.25) is 0 Å². The molecule has 4 heterocycles. The van der Waals surface area contributed by atoms with Gasteiger partial charge >= 0.3 is 0 Å². The minimum atomic E-state index is 0.600. The van der Waals surface area contributed by atoms with Crippen molar-refractivity contribution in [3.8, 4) is 45.4 Å². The second-order valence-corrected chi connectivity index (χ2v) is 12.8. The fourth-order valence-corrected chi connectivity index (χ4v) is 7.83. The number of nitrogens with zero attached hydrogens (tertiary/aromatic N) is 4. The SMILES string of the molecule is c1ccc(-c2nc(-c3ccc(-c4nc5sc6ccccc6c5c5ccccc45)cc3)nc(-c3cccc4oc5ccccc5c34)n2)cc1. The summed E-state index contributed by atoms with van der Waals surface area (Å²) < 4.78 is 7.44. The average molecular weight is 633 g/mol. The summed E-state index contributed by atoms with van der Waals surface area (Å²) in [6, 6.07) is 49.7. The molecular formula is C42H24N4OS. The number of pyridine rings is 1. The lowest BCUT2D eigenvalue weighted by Crippen LogP contribution is -2.00. The molecule has 0 radical (unpaired) electrons. The highest BCUT2D eigenvalue weighted by molar-refractivity contribution is 7.25. The van der Waals surface area contributed by atoms with E-state index < -0.39 is 0 Å². The smallest absolute Gasteiger partial charge is 0.164 e. The molecule has 6 aromatic carbocycles. The first-order chi connectivity index (χ1) is 23.8. The van der Waals surface area contributed by atoms with E-state index in [1.54, 1.807) is 11.3 Å². The van der Waals surface area contributed by atoms with E-state index in [2.05, 4.69) is 84.9 Å². The third-order valence-corrected chi connectivity index (χ3v) is 10.0. The van der Waals surface area contributed by atoms with Crippen molar-refractivity contribution in [1.29, 1.82) is 0 Å². The molecule has 4 aromatic heterocycles. The van der Waals surface area contributed by atoms with E-state index in [0.29, 0.717) is 17.5 Å². The Morgan fingerprint density at radius 1 is 0.396 bits per heavy atom. The lowest BCUT2D eigenvalue weighted by molar-refractivity contribution is 0.669. The first-order valence-electron chi connectivity index (χ1n) is 15.8. The fraction of sp³-hybridized carbons (Fsp3) is 0. The zero-order chi connectivity index (χ0) is 31.6. The van der Waals surface area contributed by atoms with Gasteiger partial charge in [-0.2, -0.15) is 0 Å². The van der Waals surface area contributed by atoms with Gasteiger partial charge in [-0.05, 0) is 23.6 Å². The van der Waals surface area contributed by atoms with Crippen molar-refractivity contribution >= 4 is 64.4 Å². The Morgan fingerprint density at radius 2 is 1.00 bits per heavy atom. The molecule has 5 nitrogen and oxygen atoms in total. The van der Waals surface area contributed by atoms with E-state index in [1.807, 2.05) is 60.7 Å².